The van der Waals surface area contributed by atoms with Crippen molar-refractivity contribution in [3.63, 3.8) is 0 Å². The van der Waals surface area contributed by atoms with Gasteiger partial charge in [-0.3, -0.25) is 14.5 Å². The average molecular weight is 282 g/mol. The zero-order valence-electron chi connectivity index (χ0n) is 11.6. The second-order valence-electron chi connectivity index (χ2n) is 4.55. The SMILES string of the molecule is CCC(C(=O)O)N(C)CC(=O)NCc1ccccc1F. The Morgan fingerprint density at radius 1 is 1.40 bits per heavy atom. The minimum absolute atomic E-state index is 0.0424. The van der Waals surface area contributed by atoms with Crippen molar-refractivity contribution in [1.82, 2.24) is 10.2 Å². The van der Waals surface area contributed by atoms with Crippen molar-refractivity contribution in [3.8, 4) is 0 Å². The molecule has 0 aromatic heterocycles. The first kappa shape index (κ1) is 16.1. The Bertz CT molecular complexity index is 479. The molecule has 1 rings (SSSR count). The summed E-state index contributed by atoms with van der Waals surface area (Å²) in [5.74, 6) is -1.68. The summed E-state index contributed by atoms with van der Waals surface area (Å²) in [6.45, 7) is 1.79. The number of aliphatic carboxylic acids is 1. The highest BCUT2D eigenvalue weighted by Crippen LogP contribution is 2.06. The van der Waals surface area contributed by atoms with Crippen molar-refractivity contribution in [2.75, 3.05) is 13.6 Å². The van der Waals surface area contributed by atoms with E-state index >= 15 is 0 Å². The number of rotatable bonds is 7. The fourth-order valence-electron chi connectivity index (χ4n) is 1.90. The van der Waals surface area contributed by atoms with E-state index in [-0.39, 0.29) is 24.8 Å². The van der Waals surface area contributed by atoms with E-state index in [1.54, 1.807) is 32.2 Å². The van der Waals surface area contributed by atoms with E-state index in [4.69, 9.17) is 5.11 Å². The highest BCUT2D eigenvalue weighted by Gasteiger charge is 2.22. The topological polar surface area (TPSA) is 69.6 Å². The second-order valence-corrected chi connectivity index (χ2v) is 4.55. The molecule has 0 bridgehead atoms. The fourth-order valence-corrected chi connectivity index (χ4v) is 1.90. The van der Waals surface area contributed by atoms with Crippen molar-refractivity contribution in [1.29, 1.82) is 0 Å². The monoisotopic (exact) mass is 282 g/mol. The van der Waals surface area contributed by atoms with E-state index in [0.717, 1.165) is 0 Å². The molecule has 1 unspecified atom stereocenters. The average Bonchev–Trinajstić information content (AvgIpc) is 2.38. The molecule has 6 heteroatoms. The van der Waals surface area contributed by atoms with E-state index in [9.17, 15) is 14.0 Å². The molecule has 1 amide bonds. The van der Waals surface area contributed by atoms with E-state index < -0.39 is 12.0 Å². The van der Waals surface area contributed by atoms with Gasteiger partial charge in [-0.1, -0.05) is 25.1 Å². The first-order valence-corrected chi connectivity index (χ1v) is 6.38. The number of hydrogen-bond acceptors (Lipinski definition) is 3. The number of carboxylic acids is 1. The lowest BCUT2D eigenvalue weighted by Crippen LogP contribution is -2.43. The van der Waals surface area contributed by atoms with Crippen molar-refractivity contribution in [2.45, 2.75) is 25.9 Å². The number of benzene rings is 1. The quantitative estimate of drug-likeness (QED) is 0.789. The maximum atomic E-state index is 13.4. The van der Waals surface area contributed by atoms with Gasteiger partial charge in [-0.2, -0.15) is 0 Å². The summed E-state index contributed by atoms with van der Waals surface area (Å²) in [5, 5.41) is 11.6. The summed E-state index contributed by atoms with van der Waals surface area (Å²) in [4.78, 5) is 24.1. The zero-order chi connectivity index (χ0) is 15.1. The van der Waals surface area contributed by atoms with Crippen LogP contribution in [0.25, 0.3) is 0 Å². The molecule has 0 heterocycles. The number of amides is 1. The molecule has 0 aliphatic heterocycles. The number of halogens is 1. The molecule has 1 atom stereocenters. The van der Waals surface area contributed by atoms with Gasteiger partial charge < -0.3 is 10.4 Å². The lowest BCUT2D eigenvalue weighted by molar-refractivity contribution is -0.143. The van der Waals surface area contributed by atoms with Crippen LogP contribution < -0.4 is 5.32 Å². The van der Waals surface area contributed by atoms with Crippen LogP contribution in [0.1, 0.15) is 18.9 Å². The molecule has 0 spiro atoms. The van der Waals surface area contributed by atoms with Gasteiger partial charge in [0.1, 0.15) is 11.9 Å². The largest absolute Gasteiger partial charge is 0.480 e. The molecule has 0 saturated carbocycles. The first-order chi connectivity index (χ1) is 9.45. The van der Waals surface area contributed by atoms with Gasteiger partial charge in [-0.15, -0.1) is 0 Å². The van der Waals surface area contributed by atoms with Crippen LogP contribution in [0.3, 0.4) is 0 Å². The van der Waals surface area contributed by atoms with Gasteiger partial charge in [-0.25, -0.2) is 4.39 Å². The van der Waals surface area contributed by atoms with Crippen molar-refractivity contribution in [3.05, 3.63) is 35.6 Å². The highest BCUT2D eigenvalue weighted by atomic mass is 19.1. The molecular formula is C14H19FN2O3. The van der Waals surface area contributed by atoms with E-state index in [1.165, 1.54) is 11.0 Å². The molecule has 1 aromatic rings. The van der Waals surface area contributed by atoms with Crippen LogP contribution in [0.2, 0.25) is 0 Å². The van der Waals surface area contributed by atoms with Crippen LogP contribution in [0.15, 0.2) is 24.3 Å². The molecule has 20 heavy (non-hydrogen) atoms. The Balaban J connectivity index is 2.48. The lowest BCUT2D eigenvalue weighted by Gasteiger charge is -2.22. The van der Waals surface area contributed by atoms with Gasteiger partial charge in [0.15, 0.2) is 0 Å². The standard InChI is InChI=1S/C14H19FN2O3/c1-3-12(14(19)20)17(2)9-13(18)16-8-10-6-4-5-7-11(10)15/h4-7,12H,3,8-9H2,1-2H3,(H,16,18)(H,19,20). The Kier molecular flexibility index (Phi) is 6.11. The third-order valence-corrected chi connectivity index (χ3v) is 3.03. The van der Waals surface area contributed by atoms with Crippen molar-refractivity contribution in [2.24, 2.45) is 0 Å². The van der Waals surface area contributed by atoms with Gasteiger partial charge in [0, 0.05) is 12.1 Å². The lowest BCUT2D eigenvalue weighted by atomic mass is 10.2. The predicted octanol–water partition coefficient (Wildman–Crippen LogP) is 1.24. The molecule has 110 valence electrons. The Labute approximate surface area is 117 Å². The van der Waals surface area contributed by atoms with Crippen LogP contribution in [0.5, 0.6) is 0 Å². The number of likely N-dealkylation sites (N-methyl/N-ethyl adjacent to an activating group) is 1. The third-order valence-electron chi connectivity index (χ3n) is 3.03. The maximum Gasteiger partial charge on any atom is 0.320 e. The van der Waals surface area contributed by atoms with Crippen LogP contribution in [-0.4, -0.2) is 41.5 Å². The van der Waals surface area contributed by atoms with Gasteiger partial charge in [0.05, 0.1) is 6.54 Å². The number of nitrogens with one attached hydrogen (secondary N) is 1. The third kappa shape index (κ3) is 4.62. The predicted molar refractivity (Wildman–Crippen MR) is 72.6 cm³/mol. The smallest absolute Gasteiger partial charge is 0.320 e. The fraction of sp³-hybridized carbons (Fsp3) is 0.429. The molecule has 0 radical (unpaired) electrons. The Morgan fingerprint density at radius 3 is 2.60 bits per heavy atom. The van der Waals surface area contributed by atoms with Crippen LogP contribution in [0.4, 0.5) is 4.39 Å². The summed E-state index contributed by atoms with van der Waals surface area (Å²) >= 11 is 0. The molecular weight excluding hydrogens is 263 g/mol. The Morgan fingerprint density at radius 2 is 2.05 bits per heavy atom. The van der Waals surface area contributed by atoms with E-state index in [1.807, 2.05) is 0 Å². The summed E-state index contributed by atoms with van der Waals surface area (Å²) in [5.41, 5.74) is 0.397. The number of carboxylic acid groups (broad SMARTS) is 1. The van der Waals surface area contributed by atoms with E-state index in [0.29, 0.717) is 12.0 Å². The zero-order valence-corrected chi connectivity index (χ0v) is 11.6. The normalized spacial score (nSPS) is 12.2. The number of hydrogen-bond donors (Lipinski definition) is 2. The summed E-state index contributed by atoms with van der Waals surface area (Å²) in [6, 6.07) is 5.48. The molecule has 0 saturated heterocycles. The molecule has 1 aromatic carbocycles. The van der Waals surface area contributed by atoms with Crippen LogP contribution in [0, 0.1) is 5.82 Å². The molecule has 0 fully saturated rings. The molecule has 2 N–H and O–H groups in total. The van der Waals surface area contributed by atoms with Crippen molar-refractivity contribution >= 4 is 11.9 Å². The molecule has 0 aliphatic rings. The number of carbonyl (C=O) groups is 2. The Hall–Kier alpha value is -1.95. The van der Waals surface area contributed by atoms with E-state index in [2.05, 4.69) is 5.32 Å². The summed E-state index contributed by atoms with van der Waals surface area (Å²) in [6.07, 6.45) is 0.409. The molecule has 0 aliphatic carbocycles. The minimum Gasteiger partial charge on any atom is -0.480 e. The van der Waals surface area contributed by atoms with Gasteiger partial charge in [0.25, 0.3) is 0 Å². The molecule has 5 nitrogen and oxygen atoms in total. The number of carbonyl (C=O) groups excluding carboxylic acids is 1. The maximum absolute atomic E-state index is 13.4. The van der Waals surface area contributed by atoms with Crippen LogP contribution >= 0.6 is 0 Å². The van der Waals surface area contributed by atoms with Gasteiger partial charge in [0.2, 0.25) is 5.91 Å². The second kappa shape index (κ2) is 7.59. The van der Waals surface area contributed by atoms with Gasteiger partial charge >= 0.3 is 5.97 Å². The summed E-state index contributed by atoms with van der Waals surface area (Å²) < 4.78 is 13.4. The first-order valence-electron chi connectivity index (χ1n) is 6.38. The van der Waals surface area contributed by atoms with Crippen LogP contribution in [-0.2, 0) is 16.1 Å². The number of nitrogens with zero attached hydrogens (tertiary/aromatic N) is 1. The minimum atomic E-state index is -0.961. The van der Waals surface area contributed by atoms with Gasteiger partial charge in [-0.05, 0) is 19.5 Å². The summed E-state index contributed by atoms with van der Waals surface area (Å²) in [7, 11) is 1.57. The van der Waals surface area contributed by atoms with Crippen molar-refractivity contribution < 1.29 is 19.1 Å². The highest BCUT2D eigenvalue weighted by molar-refractivity contribution is 5.79.